The van der Waals surface area contributed by atoms with Gasteiger partial charge in [-0.1, -0.05) is 18.2 Å². The Morgan fingerprint density at radius 1 is 1.12 bits per heavy atom. The molecule has 0 aliphatic rings. The SMILES string of the molecule is CNc1ccc(-c2cccc(C=O)n2)cc1. The molecule has 0 atom stereocenters. The molecule has 0 saturated heterocycles. The van der Waals surface area contributed by atoms with Crippen molar-refractivity contribution in [2.45, 2.75) is 0 Å². The quantitative estimate of drug-likeness (QED) is 0.795. The van der Waals surface area contributed by atoms with Crippen LogP contribution >= 0.6 is 0 Å². The van der Waals surface area contributed by atoms with Crippen LogP contribution in [0.1, 0.15) is 10.5 Å². The van der Waals surface area contributed by atoms with Gasteiger partial charge in [-0.3, -0.25) is 4.79 Å². The van der Waals surface area contributed by atoms with Gasteiger partial charge >= 0.3 is 0 Å². The van der Waals surface area contributed by atoms with Crippen molar-refractivity contribution < 1.29 is 4.79 Å². The first-order valence-corrected chi connectivity index (χ1v) is 5.04. The molecule has 3 heteroatoms. The van der Waals surface area contributed by atoms with E-state index in [0.29, 0.717) is 5.69 Å². The summed E-state index contributed by atoms with van der Waals surface area (Å²) in [5.41, 5.74) is 3.32. The summed E-state index contributed by atoms with van der Waals surface area (Å²) < 4.78 is 0. The summed E-state index contributed by atoms with van der Waals surface area (Å²) >= 11 is 0. The summed E-state index contributed by atoms with van der Waals surface area (Å²) in [7, 11) is 1.88. The highest BCUT2D eigenvalue weighted by atomic mass is 16.1. The van der Waals surface area contributed by atoms with Gasteiger partial charge in [-0.15, -0.1) is 0 Å². The normalized spacial score (nSPS) is 9.81. The van der Waals surface area contributed by atoms with Crippen LogP contribution in [-0.4, -0.2) is 18.3 Å². The van der Waals surface area contributed by atoms with Crippen LogP contribution in [0, 0.1) is 0 Å². The molecule has 0 saturated carbocycles. The van der Waals surface area contributed by atoms with E-state index in [1.54, 1.807) is 6.07 Å². The van der Waals surface area contributed by atoms with Crippen molar-refractivity contribution in [1.82, 2.24) is 4.98 Å². The molecule has 2 rings (SSSR count). The topological polar surface area (TPSA) is 42.0 Å². The highest BCUT2D eigenvalue weighted by Gasteiger charge is 2.00. The van der Waals surface area contributed by atoms with Gasteiger partial charge in [0.1, 0.15) is 5.69 Å². The number of aldehydes is 1. The molecule has 1 heterocycles. The van der Waals surface area contributed by atoms with Crippen LogP contribution in [-0.2, 0) is 0 Å². The summed E-state index contributed by atoms with van der Waals surface area (Å²) in [6, 6.07) is 13.3. The molecule has 1 aromatic heterocycles. The van der Waals surface area contributed by atoms with Crippen LogP contribution in [0.2, 0.25) is 0 Å². The van der Waals surface area contributed by atoms with E-state index in [1.807, 2.05) is 43.4 Å². The first kappa shape index (κ1) is 10.4. The average molecular weight is 212 g/mol. The molecule has 3 nitrogen and oxygen atoms in total. The van der Waals surface area contributed by atoms with Crippen LogP contribution in [0.3, 0.4) is 0 Å². The van der Waals surface area contributed by atoms with Gasteiger partial charge < -0.3 is 5.32 Å². The monoisotopic (exact) mass is 212 g/mol. The highest BCUT2D eigenvalue weighted by molar-refractivity contribution is 5.74. The maximum absolute atomic E-state index is 10.6. The number of carbonyl (C=O) groups is 1. The van der Waals surface area contributed by atoms with E-state index in [-0.39, 0.29) is 0 Å². The Kier molecular flexibility index (Phi) is 2.96. The fourth-order valence-electron chi connectivity index (χ4n) is 1.49. The van der Waals surface area contributed by atoms with Crippen LogP contribution in [0.15, 0.2) is 42.5 Å². The second-order valence-electron chi connectivity index (χ2n) is 3.39. The van der Waals surface area contributed by atoms with Crippen LogP contribution in [0.4, 0.5) is 5.69 Å². The van der Waals surface area contributed by atoms with E-state index in [9.17, 15) is 4.79 Å². The number of carbonyl (C=O) groups excluding carboxylic acids is 1. The van der Waals surface area contributed by atoms with E-state index in [0.717, 1.165) is 23.2 Å². The molecular weight excluding hydrogens is 200 g/mol. The van der Waals surface area contributed by atoms with Crippen molar-refractivity contribution >= 4 is 12.0 Å². The zero-order chi connectivity index (χ0) is 11.4. The summed E-state index contributed by atoms with van der Waals surface area (Å²) in [6.45, 7) is 0. The molecule has 1 N–H and O–H groups in total. The number of pyridine rings is 1. The van der Waals surface area contributed by atoms with Gasteiger partial charge in [-0.05, 0) is 24.3 Å². The minimum atomic E-state index is 0.454. The predicted octanol–water partition coefficient (Wildman–Crippen LogP) is 2.60. The number of hydrogen-bond donors (Lipinski definition) is 1. The minimum absolute atomic E-state index is 0.454. The van der Waals surface area contributed by atoms with Gasteiger partial charge in [-0.2, -0.15) is 0 Å². The fourth-order valence-corrected chi connectivity index (χ4v) is 1.49. The van der Waals surface area contributed by atoms with E-state index in [2.05, 4.69) is 10.3 Å². The third-order valence-corrected chi connectivity index (χ3v) is 2.36. The van der Waals surface area contributed by atoms with E-state index < -0.39 is 0 Å². The zero-order valence-corrected chi connectivity index (χ0v) is 8.97. The molecule has 1 aromatic carbocycles. The first-order chi connectivity index (χ1) is 7.83. The van der Waals surface area contributed by atoms with Gasteiger partial charge in [-0.25, -0.2) is 4.98 Å². The van der Waals surface area contributed by atoms with Crippen molar-refractivity contribution in [3.8, 4) is 11.3 Å². The molecule has 0 aliphatic carbocycles. The number of aromatic nitrogens is 1. The zero-order valence-electron chi connectivity index (χ0n) is 8.97. The number of hydrogen-bond acceptors (Lipinski definition) is 3. The highest BCUT2D eigenvalue weighted by Crippen LogP contribution is 2.19. The summed E-state index contributed by atoms with van der Waals surface area (Å²) in [4.78, 5) is 14.8. The Morgan fingerprint density at radius 2 is 1.88 bits per heavy atom. The Labute approximate surface area is 94.1 Å². The molecule has 0 spiro atoms. The molecule has 0 fully saturated rings. The average Bonchev–Trinajstić information content (AvgIpc) is 2.39. The number of nitrogens with zero attached hydrogens (tertiary/aromatic N) is 1. The van der Waals surface area contributed by atoms with Crippen molar-refractivity contribution in [2.24, 2.45) is 0 Å². The van der Waals surface area contributed by atoms with E-state index in [4.69, 9.17) is 0 Å². The predicted molar refractivity (Wildman–Crippen MR) is 64.6 cm³/mol. The fraction of sp³-hybridized carbons (Fsp3) is 0.0769. The molecule has 0 bridgehead atoms. The van der Waals surface area contributed by atoms with Crippen molar-refractivity contribution in [2.75, 3.05) is 12.4 Å². The van der Waals surface area contributed by atoms with Crippen molar-refractivity contribution in [1.29, 1.82) is 0 Å². The van der Waals surface area contributed by atoms with Gasteiger partial charge in [0, 0.05) is 18.3 Å². The molecule has 2 aromatic rings. The summed E-state index contributed by atoms with van der Waals surface area (Å²) in [6.07, 6.45) is 0.755. The first-order valence-electron chi connectivity index (χ1n) is 5.04. The third-order valence-electron chi connectivity index (χ3n) is 2.36. The molecular formula is C13H12N2O. The maximum atomic E-state index is 10.6. The molecule has 80 valence electrons. The van der Waals surface area contributed by atoms with Gasteiger partial charge in [0.25, 0.3) is 0 Å². The summed E-state index contributed by atoms with van der Waals surface area (Å²) in [5.74, 6) is 0. The lowest BCUT2D eigenvalue weighted by molar-refractivity contribution is 0.111. The van der Waals surface area contributed by atoms with Gasteiger partial charge in [0.15, 0.2) is 6.29 Å². The Hall–Kier alpha value is -2.16. The van der Waals surface area contributed by atoms with Gasteiger partial charge in [0.05, 0.1) is 5.69 Å². The van der Waals surface area contributed by atoms with Crippen LogP contribution in [0.25, 0.3) is 11.3 Å². The molecule has 0 unspecified atom stereocenters. The number of benzene rings is 1. The number of anilines is 1. The lowest BCUT2D eigenvalue weighted by Gasteiger charge is -2.03. The van der Waals surface area contributed by atoms with Crippen LogP contribution in [0.5, 0.6) is 0 Å². The van der Waals surface area contributed by atoms with Crippen molar-refractivity contribution in [3.05, 3.63) is 48.2 Å². The largest absolute Gasteiger partial charge is 0.388 e. The lowest BCUT2D eigenvalue weighted by Crippen LogP contribution is -1.90. The molecule has 0 amide bonds. The Morgan fingerprint density at radius 3 is 2.50 bits per heavy atom. The second kappa shape index (κ2) is 4.57. The number of rotatable bonds is 3. The lowest BCUT2D eigenvalue weighted by atomic mass is 10.1. The van der Waals surface area contributed by atoms with Gasteiger partial charge in [0.2, 0.25) is 0 Å². The number of nitrogens with one attached hydrogen (secondary N) is 1. The van der Waals surface area contributed by atoms with E-state index >= 15 is 0 Å². The minimum Gasteiger partial charge on any atom is -0.388 e. The standard InChI is InChI=1S/C13H12N2O/c1-14-11-7-5-10(6-8-11)13-4-2-3-12(9-16)15-13/h2-9,14H,1H3. The maximum Gasteiger partial charge on any atom is 0.168 e. The molecule has 16 heavy (non-hydrogen) atoms. The molecule has 0 aliphatic heterocycles. The molecule has 0 radical (unpaired) electrons. The smallest absolute Gasteiger partial charge is 0.168 e. The Balaban J connectivity index is 2.38. The third kappa shape index (κ3) is 2.08. The van der Waals surface area contributed by atoms with Crippen LogP contribution < -0.4 is 5.32 Å². The second-order valence-corrected chi connectivity index (χ2v) is 3.39. The van der Waals surface area contributed by atoms with Crippen molar-refractivity contribution in [3.63, 3.8) is 0 Å². The van der Waals surface area contributed by atoms with E-state index in [1.165, 1.54) is 0 Å². The summed E-state index contributed by atoms with van der Waals surface area (Å²) in [5, 5.41) is 3.05. The Bertz CT molecular complexity index is 492.